The molecule has 1 unspecified atom stereocenters. The smallest absolute Gasteiger partial charge is 0.133 e. The van der Waals surface area contributed by atoms with E-state index in [1.165, 1.54) is 49.4 Å². The molecule has 0 fully saturated rings. The summed E-state index contributed by atoms with van der Waals surface area (Å²) in [6.45, 7) is 0. The Morgan fingerprint density at radius 3 is 1.64 bits per heavy atom. The molecular formula is C61H40N2O. The fourth-order valence-corrected chi connectivity index (χ4v) is 10.8. The molecule has 1 spiro atoms. The zero-order valence-corrected chi connectivity index (χ0v) is 34.9. The first-order valence-corrected chi connectivity index (χ1v) is 22.1. The fourth-order valence-electron chi connectivity index (χ4n) is 10.8. The number of nitrogens with one attached hydrogen (secondary N) is 1. The molecule has 2 heterocycles. The van der Waals surface area contributed by atoms with Gasteiger partial charge in [-0.3, -0.25) is 4.99 Å². The molecule has 0 amide bonds. The van der Waals surface area contributed by atoms with E-state index in [1.807, 2.05) is 6.07 Å². The zero-order valence-electron chi connectivity index (χ0n) is 34.9. The Bertz CT molecular complexity index is 3470. The number of benzene rings is 10. The van der Waals surface area contributed by atoms with E-state index in [9.17, 15) is 0 Å². The molecule has 1 atom stereocenters. The van der Waals surface area contributed by atoms with Crippen molar-refractivity contribution in [3.8, 4) is 44.9 Å². The summed E-state index contributed by atoms with van der Waals surface area (Å²) < 4.78 is 6.77. The highest BCUT2D eigenvalue weighted by atomic mass is 16.5. The lowest BCUT2D eigenvalue weighted by Crippen LogP contribution is -2.32. The number of fused-ring (bicyclic) bond motifs is 14. The van der Waals surface area contributed by atoms with Gasteiger partial charge in [-0.2, -0.15) is 0 Å². The van der Waals surface area contributed by atoms with Crippen LogP contribution < -0.4 is 10.1 Å². The summed E-state index contributed by atoms with van der Waals surface area (Å²) in [7, 11) is 0. The molecule has 0 radical (unpaired) electrons. The van der Waals surface area contributed by atoms with Gasteiger partial charge >= 0.3 is 0 Å². The number of hydrogen-bond donors (Lipinski definition) is 1. The van der Waals surface area contributed by atoms with Gasteiger partial charge in [-0.15, -0.1) is 0 Å². The Balaban J connectivity index is 0.977. The van der Waals surface area contributed by atoms with E-state index in [1.54, 1.807) is 0 Å². The molecule has 10 aromatic rings. The third-order valence-electron chi connectivity index (χ3n) is 13.5. The van der Waals surface area contributed by atoms with Gasteiger partial charge in [0.25, 0.3) is 0 Å². The van der Waals surface area contributed by atoms with Crippen molar-refractivity contribution < 1.29 is 4.74 Å². The second-order valence-corrected chi connectivity index (χ2v) is 17.0. The standard InChI is InChI=1S/C61H40N2O/c1-3-17-39(18-4-1)54-38-55(63-60(62-54)40-19-5-2-6-20-40)45-24-16-23-43(36-45)41-21-15-22-42(35-41)44-33-34-50-53(37-44)61(51-29-11-13-31-56(51)64-57-32-14-12-30-52(57)61)59-49-28-10-8-26-47(49)46-25-7-9-27-48(46)58(50)59/h1-38,55H,(H,62,63). The average Bonchev–Trinajstić information content (AvgIpc) is 3.68. The Morgan fingerprint density at radius 1 is 0.406 bits per heavy atom. The number of hydrogen-bond acceptors (Lipinski definition) is 3. The van der Waals surface area contributed by atoms with Crippen molar-refractivity contribution in [2.45, 2.75) is 11.5 Å². The fraction of sp³-hybridized carbons (Fsp3) is 0.0328. The predicted molar refractivity (Wildman–Crippen MR) is 263 cm³/mol. The van der Waals surface area contributed by atoms with Crippen LogP contribution in [0.15, 0.2) is 236 Å². The zero-order chi connectivity index (χ0) is 42.2. The van der Waals surface area contributed by atoms with E-state index in [0.717, 1.165) is 67.5 Å². The number of nitrogens with zero attached hydrogens (tertiary/aromatic N) is 1. The van der Waals surface area contributed by atoms with Gasteiger partial charge in [-0.05, 0) is 114 Å². The molecule has 1 N–H and O–H groups in total. The van der Waals surface area contributed by atoms with Crippen molar-refractivity contribution >= 4 is 33.1 Å². The normalized spacial score (nSPS) is 15.3. The minimum Gasteiger partial charge on any atom is -0.457 e. The van der Waals surface area contributed by atoms with Gasteiger partial charge in [0.15, 0.2) is 0 Å². The molecule has 1 aliphatic carbocycles. The van der Waals surface area contributed by atoms with Crippen LogP contribution in [-0.2, 0) is 5.41 Å². The first-order chi connectivity index (χ1) is 31.7. The largest absolute Gasteiger partial charge is 0.457 e. The molecule has 3 aliphatic rings. The van der Waals surface area contributed by atoms with Gasteiger partial charge in [0.05, 0.1) is 11.5 Å². The number of para-hydroxylation sites is 2. The molecule has 13 rings (SSSR count). The van der Waals surface area contributed by atoms with Crippen LogP contribution in [0.3, 0.4) is 0 Å². The maximum absolute atomic E-state index is 6.77. The van der Waals surface area contributed by atoms with Gasteiger partial charge in [0, 0.05) is 22.4 Å². The molecule has 0 saturated heterocycles. The summed E-state index contributed by atoms with van der Waals surface area (Å²) >= 11 is 0. The molecule has 3 heteroatoms. The van der Waals surface area contributed by atoms with Crippen molar-refractivity contribution in [1.29, 1.82) is 0 Å². The first kappa shape index (κ1) is 36.4. The number of ether oxygens (including phenoxy) is 1. The summed E-state index contributed by atoms with van der Waals surface area (Å²) in [5.74, 6) is 2.65. The molecule has 3 nitrogen and oxygen atoms in total. The Labute approximate surface area is 372 Å². The summed E-state index contributed by atoms with van der Waals surface area (Å²) in [6.07, 6.45) is 2.24. The van der Waals surface area contributed by atoms with Crippen molar-refractivity contribution in [2.75, 3.05) is 0 Å². The van der Waals surface area contributed by atoms with Crippen LogP contribution in [0.2, 0.25) is 0 Å². The van der Waals surface area contributed by atoms with Crippen molar-refractivity contribution in [3.05, 3.63) is 269 Å². The molecule has 0 saturated carbocycles. The average molecular weight is 817 g/mol. The summed E-state index contributed by atoms with van der Waals surface area (Å²) in [5, 5.41) is 8.70. The third-order valence-corrected chi connectivity index (χ3v) is 13.5. The summed E-state index contributed by atoms with van der Waals surface area (Å²) in [5.41, 5.74) is 15.9. The van der Waals surface area contributed by atoms with Crippen LogP contribution in [0.4, 0.5) is 0 Å². The number of rotatable bonds is 5. The lowest BCUT2D eigenvalue weighted by molar-refractivity contribution is 0.437. The predicted octanol–water partition coefficient (Wildman–Crippen LogP) is 14.9. The highest BCUT2D eigenvalue weighted by molar-refractivity contribution is 6.19. The third kappa shape index (κ3) is 5.51. The van der Waals surface area contributed by atoms with Crippen LogP contribution in [-0.4, -0.2) is 5.84 Å². The SMILES string of the molecule is C1=C(c2ccccc2)NC(c2ccccc2)=NC1c1cccc(-c2cccc(-c3ccc4c(c3)C3(c5ccccc5Oc5ccccc53)c3c-4c4ccccc4c4ccccc34)c2)c1. The van der Waals surface area contributed by atoms with Crippen molar-refractivity contribution in [3.63, 3.8) is 0 Å². The van der Waals surface area contributed by atoms with Gasteiger partial charge in [0.2, 0.25) is 0 Å². The van der Waals surface area contributed by atoms with Gasteiger partial charge < -0.3 is 10.1 Å². The maximum Gasteiger partial charge on any atom is 0.133 e. The van der Waals surface area contributed by atoms with E-state index in [-0.39, 0.29) is 6.04 Å². The van der Waals surface area contributed by atoms with E-state index < -0.39 is 5.41 Å². The van der Waals surface area contributed by atoms with E-state index in [4.69, 9.17) is 9.73 Å². The quantitative estimate of drug-likeness (QED) is 0.176. The van der Waals surface area contributed by atoms with Crippen LogP contribution in [0.25, 0.3) is 60.6 Å². The Kier molecular flexibility index (Phi) is 8.19. The summed E-state index contributed by atoms with van der Waals surface area (Å²) in [6, 6.07) is 81.0. The Morgan fingerprint density at radius 2 is 0.938 bits per heavy atom. The van der Waals surface area contributed by atoms with Crippen LogP contribution >= 0.6 is 0 Å². The summed E-state index contributed by atoms with van der Waals surface area (Å²) in [4.78, 5) is 5.28. The van der Waals surface area contributed by atoms with Crippen LogP contribution in [0.1, 0.15) is 45.0 Å². The van der Waals surface area contributed by atoms with E-state index in [0.29, 0.717) is 0 Å². The van der Waals surface area contributed by atoms with Crippen LogP contribution in [0, 0.1) is 0 Å². The lowest BCUT2D eigenvalue weighted by Gasteiger charge is -2.40. The van der Waals surface area contributed by atoms with Crippen LogP contribution in [0.5, 0.6) is 11.5 Å². The van der Waals surface area contributed by atoms with Gasteiger partial charge in [-0.25, -0.2) is 0 Å². The van der Waals surface area contributed by atoms with Crippen molar-refractivity contribution in [1.82, 2.24) is 5.32 Å². The topological polar surface area (TPSA) is 33.6 Å². The molecule has 64 heavy (non-hydrogen) atoms. The molecule has 2 aliphatic heterocycles. The second-order valence-electron chi connectivity index (χ2n) is 17.0. The van der Waals surface area contributed by atoms with Gasteiger partial charge in [-0.1, -0.05) is 194 Å². The van der Waals surface area contributed by atoms with Gasteiger partial charge in [0.1, 0.15) is 17.3 Å². The highest BCUT2D eigenvalue weighted by Gasteiger charge is 2.52. The molecular weight excluding hydrogens is 777 g/mol. The minimum absolute atomic E-state index is 0.165. The molecule has 0 aromatic heterocycles. The highest BCUT2D eigenvalue weighted by Crippen LogP contribution is 2.65. The second kappa shape index (κ2) is 14.4. The number of amidine groups is 1. The molecule has 10 aromatic carbocycles. The monoisotopic (exact) mass is 816 g/mol. The van der Waals surface area contributed by atoms with E-state index >= 15 is 0 Å². The molecule has 0 bridgehead atoms. The maximum atomic E-state index is 6.77. The van der Waals surface area contributed by atoms with E-state index in [2.05, 4.69) is 230 Å². The first-order valence-electron chi connectivity index (χ1n) is 22.1. The Hall–Kier alpha value is -8.27. The molecule has 300 valence electrons. The minimum atomic E-state index is -0.623. The number of aliphatic imine (C=N–C) groups is 1. The lowest BCUT2D eigenvalue weighted by atomic mass is 9.64. The van der Waals surface area contributed by atoms with Crippen molar-refractivity contribution in [2.24, 2.45) is 4.99 Å².